The molecule has 1 atom stereocenters. The average Bonchev–Trinajstić information content (AvgIpc) is 2.64. The van der Waals surface area contributed by atoms with Gasteiger partial charge in [0.25, 0.3) is 0 Å². The molecule has 0 fully saturated rings. The molecule has 0 spiro atoms. The molecular formula is C22H22N4O. The summed E-state index contributed by atoms with van der Waals surface area (Å²) in [4.78, 5) is 21.9. The molecule has 0 aliphatic heterocycles. The van der Waals surface area contributed by atoms with Gasteiger partial charge in [-0.05, 0) is 48.1 Å². The molecule has 27 heavy (non-hydrogen) atoms. The van der Waals surface area contributed by atoms with Gasteiger partial charge in [-0.2, -0.15) is 0 Å². The Morgan fingerprint density at radius 1 is 0.963 bits per heavy atom. The van der Waals surface area contributed by atoms with E-state index in [-0.39, 0.29) is 5.91 Å². The predicted octanol–water partition coefficient (Wildman–Crippen LogP) is 4.25. The van der Waals surface area contributed by atoms with Crippen LogP contribution in [0.3, 0.4) is 0 Å². The Hall–Kier alpha value is -3.05. The van der Waals surface area contributed by atoms with Crippen molar-refractivity contribution in [3.8, 4) is 0 Å². The van der Waals surface area contributed by atoms with Crippen molar-refractivity contribution in [3.05, 3.63) is 54.6 Å². The molecule has 0 bridgehead atoms. The Labute approximate surface area is 157 Å². The van der Waals surface area contributed by atoms with Crippen LogP contribution in [0.25, 0.3) is 32.8 Å². The molecule has 1 aromatic heterocycles. The molecule has 0 saturated heterocycles. The Balaban J connectivity index is 1.78. The monoisotopic (exact) mass is 358 g/mol. The van der Waals surface area contributed by atoms with E-state index in [4.69, 9.17) is 15.7 Å². The van der Waals surface area contributed by atoms with E-state index in [1.165, 1.54) is 0 Å². The molecule has 3 aromatic carbocycles. The molecule has 1 amide bonds. The fraction of sp³-hybridized carbons (Fsp3) is 0.227. The van der Waals surface area contributed by atoms with E-state index < -0.39 is 6.04 Å². The fourth-order valence-corrected chi connectivity index (χ4v) is 3.34. The first-order chi connectivity index (χ1) is 13.0. The second-order valence-electron chi connectivity index (χ2n) is 7.31. The summed E-state index contributed by atoms with van der Waals surface area (Å²) >= 11 is 0. The highest BCUT2D eigenvalue weighted by atomic mass is 16.2. The van der Waals surface area contributed by atoms with Crippen LogP contribution in [0.2, 0.25) is 0 Å². The second-order valence-corrected chi connectivity index (χ2v) is 7.31. The van der Waals surface area contributed by atoms with Crippen molar-refractivity contribution in [2.45, 2.75) is 26.3 Å². The van der Waals surface area contributed by atoms with Gasteiger partial charge in [0, 0.05) is 11.1 Å². The zero-order valence-electron chi connectivity index (χ0n) is 15.4. The zero-order chi connectivity index (χ0) is 19.0. The number of anilines is 1. The molecule has 0 aliphatic carbocycles. The van der Waals surface area contributed by atoms with Crippen LogP contribution >= 0.6 is 0 Å². The summed E-state index contributed by atoms with van der Waals surface area (Å²) in [5, 5.41) is 4.91. The summed E-state index contributed by atoms with van der Waals surface area (Å²) in [6, 6.07) is 17.1. The van der Waals surface area contributed by atoms with Crippen molar-refractivity contribution < 1.29 is 4.79 Å². The van der Waals surface area contributed by atoms with Gasteiger partial charge in [-0.1, -0.05) is 38.1 Å². The molecule has 3 N–H and O–H groups in total. The highest BCUT2D eigenvalue weighted by Crippen LogP contribution is 2.28. The van der Waals surface area contributed by atoms with E-state index in [0.29, 0.717) is 12.3 Å². The maximum Gasteiger partial charge on any atom is 0.241 e. The van der Waals surface area contributed by atoms with E-state index >= 15 is 0 Å². The van der Waals surface area contributed by atoms with E-state index in [0.717, 1.165) is 38.5 Å². The lowest BCUT2D eigenvalue weighted by Crippen LogP contribution is -2.36. The first-order valence-corrected chi connectivity index (χ1v) is 9.17. The summed E-state index contributed by atoms with van der Waals surface area (Å²) in [5.41, 5.74) is 10.1. The summed E-state index contributed by atoms with van der Waals surface area (Å²) in [5.74, 6) is 0.201. The minimum Gasteiger partial charge on any atom is -0.324 e. The predicted molar refractivity (Wildman–Crippen MR) is 111 cm³/mol. The number of benzene rings is 3. The molecule has 4 rings (SSSR count). The Bertz CT molecular complexity index is 1150. The standard InChI is InChI=1S/C22H22N4O/c1-13(2)10-16(23)22(27)26-17-9-5-6-14-11-20-21(12-15(14)17)25-19-8-4-3-7-18(19)24-20/h3-9,11-13,16H,10,23H2,1-2H3,(H,26,27)/t16-/m0/s1. The minimum absolute atomic E-state index is 0.166. The molecule has 0 saturated carbocycles. The van der Waals surface area contributed by atoms with Gasteiger partial charge in [0.2, 0.25) is 5.91 Å². The van der Waals surface area contributed by atoms with Crippen LogP contribution in [0, 0.1) is 5.92 Å². The number of hydrogen-bond acceptors (Lipinski definition) is 4. The highest BCUT2D eigenvalue weighted by Gasteiger charge is 2.16. The summed E-state index contributed by atoms with van der Waals surface area (Å²) in [6.45, 7) is 4.11. The van der Waals surface area contributed by atoms with Crippen molar-refractivity contribution in [3.63, 3.8) is 0 Å². The number of hydrogen-bond donors (Lipinski definition) is 2. The number of carbonyl (C=O) groups is 1. The number of nitrogens with zero attached hydrogens (tertiary/aromatic N) is 2. The van der Waals surface area contributed by atoms with Crippen molar-refractivity contribution in [1.29, 1.82) is 0 Å². The number of amides is 1. The summed E-state index contributed by atoms with van der Waals surface area (Å²) < 4.78 is 0. The minimum atomic E-state index is -0.524. The lowest BCUT2D eigenvalue weighted by Gasteiger charge is -2.15. The van der Waals surface area contributed by atoms with Crippen LogP contribution in [0.5, 0.6) is 0 Å². The van der Waals surface area contributed by atoms with E-state index in [1.807, 2.05) is 54.6 Å². The third-order valence-electron chi connectivity index (χ3n) is 4.66. The lowest BCUT2D eigenvalue weighted by atomic mass is 10.0. The number of nitrogens with one attached hydrogen (secondary N) is 1. The van der Waals surface area contributed by atoms with E-state index in [9.17, 15) is 4.79 Å². The van der Waals surface area contributed by atoms with Gasteiger partial charge >= 0.3 is 0 Å². The smallest absolute Gasteiger partial charge is 0.241 e. The number of carbonyl (C=O) groups excluding carboxylic acids is 1. The molecule has 4 aromatic rings. The van der Waals surface area contributed by atoms with Crippen LogP contribution in [0.15, 0.2) is 54.6 Å². The first-order valence-electron chi connectivity index (χ1n) is 9.17. The van der Waals surface area contributed by atoms with Crippen molar-refractivity contribution in [2.75, 3.05) is 5.32 Å². The highest BCUT2D eigenvalue weighted by molar-refractivity contribution is 6.07. The van der Waals surface area contributed by atoms with Crippen LogP contribution in [0.1, 0.15) is 20.3 Å². The molecule has 1 heterocycles. The van der Waals surface area contributed by atoms with Crippen molar-refractivity contribution >= 4 is 44.4 Å². The van der Waals surface area contributed by atoms with Crippen LogP contribution in [0.4, 0.5) is 5.69 Å². The van der Waals surface area contributed by atoms with Gasteiger partial charge in [-0.3, -0.25) is 4.79 Å². The second kappa shape index (κ2) is 6.93. The number of fused-ring (bicyclic) bond motifs is 3. The topological polar surface area (TPSA) is 80.9 Å². The SMILES string of the molecule is CC(C)C[C@H](N)C(=O)Nc1cccc2cc3nc4ccccc4nc3cc12. The van der Waals surface area contributed by atoms with Crippen LogP contribution in [-0.4, -0.2) is 21.9 Å². The molecule has 0 aliphatic rings. The first kappa shape index (κ1) is 17.4. The molecule has 0 unspecified atom stereocenters. The van der Waals surface area contributed by atoms with Gasteiger partial charge in [0.15, 0.2) is 0 Å². The Kier molecular flexibility index (Phi) is 4.46. The zero-order valence-corrected chi connectivity index (χ0v) is 15.4. The summed E-state index contributed by atoms with van der Waals surface area (Å²) in [6.07, 6.45) is 0.650. The third-order valence-corrected chi connectivity index (χ3v) is 4.66. The molecular weight excluding hydrogens is 336 g/mol. The number of aromatic nitrogens is 2. The van der Waals surface area contributed by atoms with Gasteiger partial charge in [0.05, 0.1) is 28.1 Å². The number of rotatable bonds is 4. The van der Waals surface area contributed by atoms with E-state index in [1.54, 1.807) is 0 Å². The average molecular weight is 358 g/mol. The lowest BCUT2D eigenvalue weighted by molar-refractivity contribution is -0.117. The van der Waals surface area contributed by atoms with Crippen molar-refractivity contribution in [2.24, 2.45) is 11.7 Å². The Morgan fingerprint density at radius 3 is 2.30 bits per heavy atom. The summed E-state index contributed by atoms with van der Waals surface area (Å²) in [7, 11) is 0. The molecule has 5 heteroatoms. The van der Waals surface area contributed by atoms with Crippen LogP contribution < -0.4 is 11.1 Å². The maximum absolute atomic E-state index is 12.5. The van der Waals surface area contributed by atoms with E-state index in [2.05, 4.69) is 19.2 Å². The van der Waals surface area contributed by atoms with Gasteiger partial charge in [-0.15, -0.1) is 0 Å². The van der Waals surface area contributed by atoms with Gasteiger partial charge < -0.3 is 11.1 Å². The van der Waals surface area contributed by atoms with Gasteiger partial charge in [0.1, 0.15) is 0 Å². The number of para-hydroxylation sites is 2. The normalized spacial score (nSPS) is 12.7. The number of nitrogens with two attached hydrogens (primary N) is 1. The van der Waals surface area contributed by atoms with Crippen LogP contribution in [-0.2, 0) is 4.79 Å². The fourth-order valence-electron chi connectivity index (χ4n) is 3.34. The third kappa shape index (κ3) is 3.46. The molecule has 0 radical (unpaired) electrons. The largest absolute Gasteiger partial charge is 0.324 e. The molecule has 136 valence electrons. The maximum atomic E-state index is 12.5. The van der Waals surface area contributed by atoms with Crippen molar-refractivity contribution in [1.82, 2.24) is 9.97 Å². The van der Waals surface area contributed by atoms with Gasteiger partial charge in [-0.25, -0.2) is 9.97 Å². The quantitative estimate of drug-likeness (QED) is 0.535. The molecule has 5 nitrogen and oxygen atoms in total. The Morgan fingerprint density at radius 2 is 1.63 bits per heavy atom.